The number of carbonyl (C=O) groups is 2. The largest absolute Gasteiger partial charge is 0.490 e. The van der Waals surface area contributed by atoms with Crippen LogP contribution in [0.1, 0.15) is 17.5 Å². The molecule has 174 valence electrons. The first-order chi connectivity index (χ1) is 15.6. The Morgan fingerprint density at radius 1 is 1.03 bits per heavy atom. The zero-order chi connectivity index (χ0) is 24.1. The number of benzene rings is 2. The van der Waals surface area contributed by atoms with Gasteiger partial charge in [0.15, 0.2) is 0 Å². The fraction of sp³-hybridized carbons (Fsp3) is 0.273. The number of nitrogens with zero attached hydrogens (tertiary/aromatic N) is 4. The van der Waals surface area contributed by atoms with E-state index in [2.05, 4.69) is 10.2 Å². The number of aliphatic carboxylic acids is 1. The molecule has 2 aromatic carbocycles. The highest BCUT2D eigenvalue weighted by molar-refractivity contribution is 5.79. The summed E-state index contributed by atoms with van der Waals surface area (Å²) < 4.78 is 33.6. The van der Waals surface area contributed by atoms with Crippen molar-refractivity contribution in [3.8, 4) is 5.69 Å². The summed E-state index contributed by atoms with van der Waals surface area (Å²) in [4.78, 5) is 23.5. The van der Waals surface area contributed by atoms with Crippen LogP contribution in [0.5, 0.6) is 0 Å². The number of carboxylic acids is 1. The van der Waals surface area contributed by atoms with Crippen molar-refractivity contribution in [2.24, 2.45) is 5.73 Å². The van der Waals surface area contributed by atoms with Gasteiger partial charge in [0.1, 0.15) is 12.7 Å². The molecule has 1 aliphatic heterocycles. The fourth-order valence-electron chi connectivity index (χ4n) is 3.46. The number of carbonyl (C=O) groups excluding carboxylic acids is 1. The van der Waals surface area contributed by atoms with E-state index in [1.165, 1.54) is 0 Å². The number of hydrogen-bond acceptors (Lipinski definition) is 5. The third kappa shape index (κ3) is 6.16. The molecule has 1 saturated heterocycles. The molecule has 33 heavy (non-hydrogen) atoms. The summed E-state index contributed by atoms with van der Waals surface area (Å²) in [5.41, 5.74) is 9.17. The monoisotopic (exact) mass is 461 g/mol. The van der Waals surface area contributed by atoms with E-state index in [1.807, 2.05) is 64.1 Å². The SMILES string of the molecule is NC1(c2ccccc2)CCN(C(=O)Cc2ccc(-n3cnnc3)cc2)C1.O=C(O)C(F)(F)F. The van der Waals surface area contributed by atoms with Crippen LogP contribution in [0.15, 0.2) is 67.3 Å². The Kier molecular flexibility index (Phi) is 7.12. The standard InChI is InChI=1S/C20H21N5O.C2HF3O2/c21-20(17-4-2-1-3-5-17)10-11-24(13-20)19(26)12-16-6-8-18(9-7-16)25-14-22-23-15-25;3-2(4,5)1(6)7/h1-9,14-15H,10-13,21H2;(H,6,7). The first kappa shape index (κ1) is 23.9. The van der Waals surface area contributed by atoms with Crippen molar-refractivity contribution in [3.05, 3.63) is 78.4 Å². The summed E-state index contributed by atoms with van der Waals surface area (Å²) in [5, 5.41) is 14.7. The summed E-state index contributed by atoms with van der Waals surface area (Å²) in [6, 6.07) is 17.9. The highest BCUT2D eigenvalue weighted by atomic mass is 19.4. The molecule has 1 aliphatic rings. The summed E-state index contributed by atoms with van der Waals surface area (Å²) >= 11 is 0. The van der Waals surface area contributed by atoms with Gasteiger partial charge in [-0.05, 0) is 29.7 Å². The number of rotatable bonds is 4. The molecule has 1 aromatic heterocycles. The molecule has 1 atom stereocenters. The van der Waals surface area contributed by atoms with Crippen LogP contribution >= 0.6 is 0 Å². The second kappa shape index (κ2) is 9.82. The molecule has 0 bridgehead atoms. The Bertz CT molecular complexity index is 1070. The molecule has 1 unspecified atom stereocenters. The van der Waals surface area contributed by atoms with E-state index in [0.29, 0.717) is 19.5 Å². The third-order valence-corrected chi connectivity index (χ3v) is 5.25. The number of nitrogens with two attached hydrogens (primary N) is 1. The lowest BCUT2D eigenvalue weighted by atomic mass is 9.90. The zero-order valence-corrected chi connectivity index (χ0v) is 17.4. The molecule has 0 spiro atoms. The normalized spacial score (nSPS) is 17.9. The van der Waals surface area contributed by atoms with E-state index in [9.17, 15) is 18.0 Å². The zero-order valence-electron chi connectivity index (χ0n) is 17.4. The summed E-state index contributed by atoms with van der Waals surface area (Å²) in [5.74, 6) is -2.64. The number of likely N-dealkylation sites (tertiary alicyclic amines) is 1. The van der Waals surface area contributed by atoms with E-state index in [-0.39, 0.29) is 5.91 Å². The maximum atomic E-state index is 12.7. The molecular formula is C22H22F3N5O3. The number of hydrogen-bond donors (Lipinski definition) is 2. The summed E-state index contributed by atoms with van der Waals surface area (Å²) in [6.07, 6.45) is -0.619. The maximum absolute atomic E-state index is 12.7. The number of halogens is 3. The lowest BCUT2D eigenvalue weighted by Gasteiger charge is -2.25. The van der Waals surface area contributed by atoms with Crippen LogP contribution in [0.4, 0.5) is 13.2 Å². The van der Waals surface area contributed by atoms with Gasteiger partial charge in [-0.15, -0.1) is 10.2 Å². The van der Waals surface area contributed by atoms with Gasteiger partial charge < -0.3 is 15.7 Å². The number of aromatic nitrogens is 3. The quantitative estimate of drug-likeness (QED) is 0.617. The van der Waals surface area contributed by atoms with Crippen LogP contribution in [0.2, 0.25) is 0 Å². The molecule has 0 aliphatic carbocycles. The first-order valence-electron chi connectivity index (χ1n) is 9.95. The molecule has 1 fully saturated rings. The van der Waals surface area contributed by atoms with Gasteiger partial charge in [0.2, 0.25) is 5.91 Å². The van der Waals surface area contributed by atoms with Gasteiger partial charge in [-0.2, -0.15) is 13.2 Å². The van der Waals surface area contributed by atoms with Gasteiger partial charge in [0.25, 0.3) is 0 Å². The Hall–Kier alpha value is -3.73. The molecule has 0 radical (unpaired) electrons. The molecule has 8 nitrogen and oxygen atoms in total. The number of amides is 1. The minimum absolute atomic E-state index is 0.116. The van der Waals surface area contributed by atoms with E-state index in [1.54, 1.807) is 12.7 Å². The highest BCUT2D eigenvalue weighted by Gasteiger charge is 2.38. The lowest BCUT2D eigenvalue weighted by Crippen LogP contribution is -2.41. The van der Waals surface area contributed by atoms with Crippen LogP contribution in [0, 0.1) is 0 Å². The average Bonchev–Trinajstić information content (AvgIpc) is 3.46. The Morgan fingerprint density at radius 2 is 1.61 bits per heavy atom. The first-order valence-corrected chi connectivity index (χ1v) is 9.95. The molecule has 11 heteroatoms. The smallest absolute Gasteiger partial charge is 0.475 e. The topological polar surface area (TPSA) is 114 Å². The van der Waals surface area contributed by atoms with E-state index in [4.69, 9.17) is 15.6 Å². The van der Waals surface area contributed by atoms with Crippen molar-refractivity contribution >= 4 is 11.9 Å². The lowest BCUT2D eigenvalue weighted by molar-refractivity contribution is -0.192. The molecule has 0 saturated carbocycles. The van der Waals surface area contributed by atoms with Gasteiger partial charge >= 0.3 is 12.1 Å². The third-order valence-electron chi connectivity index (χ3n) is 5.25. The summed E-state index contributed by atoms with van der Waals surface area (Å²) in [7, 11) is 0. The minimum atomic E-state index is -5.08. The van der Waals surface area contributed by atoms with Crippen LogP contribution < -0.4 is 5.73 Å². The molecule has 2 heterocycles. The van der Waals surface area contributed by atoms with Gasteiger partial charge in [-0.3, -0.25) is 9.36 Å². The molecule has 3 N–H and O–H groups in total. The van der Waals surface area contributed by atoms with Crippen molar-refractivity contribution in [1.82, 2.24) is 19.7 Å². The van der Waals surface area contributed by atoms with Gasteiger partial charge in [-0.1, -0.05) is 42.5 Å². The summed E-state index contributed by atoms with van der Waals surface area (Å²) in [6.45, 7) is 1.26. The van der Waals surface area contributed by atoms with Gasteiger partial charge in [0.05, 0.1) is 12.0 Å². The second-order valence-electron chi connectivity index (χ2n) is 7.60. The average molecular weight is 461 g/mol. The predicted octanol–water partition coefficient (Wildman–Crippen LogP) is 2.53. The van der Waals surface area contributed by atoms with Crippen molar-refractivity contribution in [2.45, 2.75) is 24.6 Å². The van der Waals surface area contributed by atoms with Crippen molar-refractivity contribution in [1.29, 1.82) is 0 Å². The molecule has 3 aromatic rings. The van der Waals surface area contributed by atoms with Crippen LogP contribution in [-0.2, 0) is 21.5 Å². The Labute approximate surface area is 187 Å². The van der Waals surface area contributed by atoms with Crippen LogP contribution in [-0.4, -0.2) is 55.9 Å². The van der Waals surface area contributed by atoms with Crippen LogP contribution in [0.3, 0.4) is 0 Å². The van der Waals surface area contributed by atoms with Crippen molar-refractivity contribution < 1.29 is 27.9 Å². The number of alkyl halides is 3. The maximum Gasteiger partial charge on any atom is 0.490 e. The molecule has 4 rings (SSSR count). The van der Waals surface area contributed by atoms with Crippen molar-refractivity contribution in [3.63, 3.8) is 0 Å². The van der Waals surface area contributed by atoms with E-state index in [0.717, 1.165) is 23.2 Å². The Balaban J connectivity index is 0.000000383. The molecular weight excluding hydrogens is 439 g/mol. The van der Waals surface area contributed by atoms with E-state index >= 15 is 0 Å². The van der Waals surface area contributed by atoms with Gasteiger partial charge in [0, 0.05) is 18.8 Å². The van der Waals surface area contributed by atoms with Crippen LogP contribution in [0.25, 0.3) is 5.69 Å². The highest BCUT2D eigenvalue weighted by Crippen LogP contribution is 2.29. The van der Waals surface area contributed by atoms with Crippen molar-refractivity contribution in [2.75, 3.05) is 13.1 Å². The predicted molar refractivity (Wildman–Crippen MR) is 112 cm³/mol. The second-order valence-corrected chi connectivity index (χ2v) is 7.60. The van der Waals surface area contributed by atoms with E-state index < -0.39 is 17.7 Å². The Morgan fingerprint density at radius 3 is 2.15 bits per heavy atom. The molecule has 1 amide bonds. The van der Waals surface area contributed by atoms with Gasteiger partial charge in [-0.25, -0.2) is 4.79 Å². The number of carboxylic acid groups (broad SMARTS) is 1. The fourth-order valence-corrected chi connectivity index (χ4v) is 3.46. The minimum Gasteiger partial charge on any atom is -0.475 e.